The van der Waals surface area contributed by atoms with Gasteiger partial charge in [-0.1, -0.05) is 19.6 Å². The number of amides is 4. The van der Waals surface area contributed by atoms with Crippen molar-refractivity contribution in [2.24, 2.45) is 0 Å². The van der Waals surface area contributed by atoms with Crippen LogP contribution in [0.1, 0.15) is 46.1 Å². The molecule has 0 aromatic carbocycles. The van der Waals surface area contributed by atoms with E-state index in [1.165, 1.54) is 4.90 Å². The van der Waals surface area contributed by atoms with E-state index in [1.54, 1.807) is 28.4 Å². The Balaban J connectivity index is 1.45. The fourth-order valence-electron chi connectivity index (χ4n) is 4.65. The average molecular weight is 545 g/mol. The zero-order valence-electron chi connectivity index (χ0n) is 23.4. The quantitative estimate of drug-likeness (QED) is 0.373. The molecule has 0 bridgehead atoms. The number of piperidine rings is 1. The third kappa shape index (κ3) is 6.52. The number of fused-ring (bicyclic) bond motifs is 1. The van der Waals surface area contributed by atoms with Crippen LogP contribution in [0.15, 0.2) is 18.6 Å². The summed E-state index contributed by atoms with van der Waals surface area (Å²) in [5, 5.41) is 5.45. The van der Waals surface area contributed by atoms with Gasteiger partial charge in [-0.15, -0.1) is 0 Å². The molecule has 208 valence electrons. The van der Waals surface area contributed by atoms with Crippen LogP contribution in [0.3, 0.4) is 0 Å². The van der Waals surface area contributed by atoms with Crippen molar-refractivity contribution in [2.75, 3.05) is 37.9 Å². The van der Waals surface area contributed by atoms with E-state index in [9.17, 15) is 14.4 Å². The summed E-state index contributed by atoms with van der Waals surface area (Å²) in [5.74, 6) is -0.230. The van der Waals surface area contributed by atoms with Crippen molar-refractivity contribution < 1.29 is 23.9 Å². The Hall–Kier alpha value is -2.99. The number of rotatable bonds is 7. The van der Waals surface area contributed by atoms with Gasteiger partial charge in [0.15, 0.2) is 0 Å². The number of hydrogen-bond donors (Lipinski definition) is 0. The number of likely N-dealkylation sites (tertiary alicyclic amines) is 1. The topological polar surface area (TPSA) is 110 Å². The predicted octanol–water partition coefficient (Wildman–Crippen LogP) is 4.47. The number of nitrogens with zero attached hydrogens (tertiary/aromatic N) is 6. The van der Waals surface area contributed by atoms with E-state index in [0.29, 0.717) is 25.4 Å². The predicted molar refractivity (Wildman–Crippen MR) is 147 cm³/mol. The molecule has 4 rings (SSSR count). The van der Waals surface area contributed by atoms with Crippen molar-refractivity contribution in [2.45, 2.75) is 77.4 Å². The minimum Gasteiger partial charge on any atom is -0.444 e. The van der Waals surface area contributed by atoms with E-state index in [0.717, 1.165) is 29.8 Å². The molecule has 12 heteroatoms. The van der Waals surface area contributed by atoms with Gasteiger partial charge in [0, 0.05) is 46.1 Å². The zero-order valence-corrected chi connectivity index (χ0v) is 24.4. The van der Waals surface area contributed by atoms with E-state index in [2.05, 4.69) is 29.7 Å². The van der Waals surface area contributed by atoms with Crippen LogP contribution in [-0.2, 0) is 14.3 Å². The Morgan fingerprint density at radius 2 is 1.79 bits per heavy atom. The molecular formula is C26H40N6O5Si. The number of urea groups is 1. The van der Waals surface area contributed by atoms with Gasteiger partial charge in [-0.25, -0.2) is 14.5 Å². The molecule has 2 saturated heterocycles. The van der Waals surface area contributed by atoms with Crippen LogP contribution in [0.25, 0.3) is 10.9 Å². The lowest BCUT2D eigenvalue weighted by molar-refractivity contribution is -0.133. The van der Waals surface area contributed by atoms with E-state index >= 15 is 0 Å². The number of hydrogen-bond acceptors (Lipinski definition) is 7. The Morgan fingerprint density at radius 1 is 1.08 bits per heavy atom. The molecule has 0 N–H and O–H groups in total. The van der Waals surface area contributed by atoms with Gasteiger partial charge in [0.05, 0.1) is 35.8 Å². The number of imide groups is 1. The molecule has 2 aliphatic heterocycles. The van der Waals surface area contributed by atoms with Crippen LogP contribution in [0, 0.1) is 0 Å². The third-order valence-corrected chi connectivity index (χ3v) is 8.49. The smallest absolute Gasteiger partial charge is 0.410 e. The van der Waals surface area contributed by atoms with Gasteiger partial charge in [0.1, 0.15) is 12.3 Å². The molecule has 0 unspecified atom stereocenters. The van der Waals surface area contributed by atoms with Gasteiger partial charge in [-0.3, -0.25) is 19.4 Å². The molecule has 4 amide bonds. The van der Waals surface area contributed by atoms with Crippen LogP contribution in [0.5, 0.6) is 0 Å². The summed E-state index contributed by atoms with van der Waals surface area (Å²) in [6.07, 6.45) is 6.56. The normalized spacial score (nSPS) is 18.0. The number of pyridine rings is 1. The summed E-state index contributed by atoms with van der Waals surface area (Å²) in [6, 6.07) is 0.659. The second-order valence-electron chi connectivity index (χ2n) is 12.2. The largest absolute Gasteiger partial charge is 0.444 e. The molecule has 0 saturated carbocycles. The first kappa shape index (κ1) is 28.0. The summed E-state index contributed by atoms with van der Waals surface area (Å²) in [4.78, 5) is 47.2. The summed E-state index contributed by atoms with van der Waals surface area (Å²) < 4.78 is 13.2. The van der Waals surface area contributed by atoms with Gasteiger partial charge in [0.2, 0.25) is 5.91 Å². The average Bonchev–Trinajstić information content (AvgIpc) is 3.26. The Morgan fingerprint density at radius 3 is 2.45 bits per heavy atom. The minimum atomic E-state index is -1.27. The highest BCUT2D eigenvalue weighted by atomic mass is 28.3. The van der Waals surface area contributed by atoms with Crippen LogP contribution in [0.2, 0.25) is 25.7 Å². The lowest BCUT2D eigenvalue weighted by Crippen LogP contribution is -2.53. The summed E-state index contributed by atoms with van der Waals surface area (Å²) in [7, 11) is -1.27. The monoisotopic (exact) mass is 544 g/mol. The molecule has 2 fully saturated rings. The molecule has 0 atom stereocenters. The maximum atomic E-state index is 13.3. The van der Waals surface area contributed by atoms with Gasteiger partial charge in [-0.05, 0) is 39.7 Å². The first-order valence-corrected chi connectivity index (χ1v) is 17.0. The Labute approximate surface area is 225 Å². The molecule has 0 spiro atoms. The van der Waals surface area contributed by atoms with E-state index in [4.69, 9.17) is 9.47 Å². The van der Waals surface area contributed by atoms with Crippen molar-refractivity contribution in [1.82, 2.24) is 24.6 Å². The molecule has 2 aromatic heterocycles. The van der Waals surface area contributed by atoms with E-state index < -0.39 is 19.7 Å². The van der Waals surface area contributed by atoms with Crippen molar-refractivity contribution in [1.29, 1.82) is 0 Å². The summed E-state index contributed by atoms with van der Waals surface area (Å²) in [6.45, 7) is 14.3. The summed E-state index contributed by atoms with van der Waals surface area (Å²) in [5.41, 5.74) is 0.922. The fourth-order valence-corrected chi connectivity index (χ4v) is 5.40. The van der Waals surface area contributed by atoms with Gasteiger partial charge in [-0.2, -0.15) is 5.10 Å². The SMILES string of the molecule is CC(C)(C)OC(=O)N1CCC(n2ncc3c(N4CCC(=O)N(COCC[Si](C)(C)C)C4=O)cncc32)CC1. The molecule has 0 aliphatic carbocycles. The number of anilines is 1. The van der Waals surface area contributed by atoms with Gasteiger partial charge in [0.25, 0.3) is 0 Å². The van der Waals surface area contributed by atoms with E-state index in [1.807, 2.05) is 25.5 Å². The molecular weight excluding hydrogens is 504 g/mol. The first-order chi connectivity index (χ1) is 17.8. The Kier molecular flexibility index (Phi) is 8.12. The number of carbonyl (C=O) groups is 3. The standard InChI is InChI=1S/C26H40N6O5Si/c1-26(2,3)37-25(35)29-10-7-19(8-11-29)32-22-17-27-16-21(20(22)15-28-32)30-12-9-23(33)31(24(30)34)18-36-13-14-38(4,5)6/h15-17,19H,7-14,18H2,1-6H3. The number of aromatic nitrogens is 3. The zero-order chi connectivity index (χ0) is 27.7. The number of ether oxygens (including phenoxy) is 2. The highest BCUT2D eigenvalue weighted by Gasteiger charge is 2.35. The van der Waals surface area contributed by atoms with Crippen LogP contribution in [0.4, 0.5) is 15.3 Å². The first-order valence-electron chi connectivity index (χ1n) is 13.3. The molecule has 4 heterocycles. The van der Waals surface area contributed by atoms with Crippen molar-refractivity contribution in [3.63, 3.8) is 0 Å². The maximum absolute atomic E-state index is 13.3. The van der Waals surface area contributed by atoms with Crippen LogP contribution in [-0.4, -0.2) is 89.2 Å². The second-order valence-corrected chi connectivity index (χ2v) is 17.9. The lowest BCUT2D eigenvalue weighted by Gasteiger charge is -2.34. The van der Waals surface area contributed by atoms with Crippen molar-refractivity contribution >= 4 is 42.7 Å². The maximum Gasteiger partial charge on any atom is 0.410 e. The molecule has 2 aliphatic rings. The van der Waals surface area contributed by atoms with Crippen LogP contribution < -0.4 is 4.90 Å². The minimum absolute atomic E-state index is 0.0441. The van der Waals surface area contributed by atoms with Crippen molar-refractivity contribution in [3.8, 4) is 0 Å². The summed E-state index contributed by atoms with van der Waals surface area (Å²) >= 11 is 0. The fraction of sp³-hybridized carbons (Fsp3) is 0.654. The Bertz CT molecular complexity index is 1180. The third-order valence-electron chi connectivity index (χ3n) is 6.79. The highest BCUT2D eigenvalue weighted by Crippen LogP contribution is 2.32. The molecule has 0 radical (unpaired) electrons. The van der Waals surface area contributed by atoms with Gasteiger partial charge < -0.3 is 14.4 Å². The lowest BCUT2D eigenvalue weighted by atomic mass is 10.1. The highest BCUT2D eigenvalue weighted by molar-refractivity contribution is 6.76. The number of carbonyl (C=O) groups excluding carboxylic acids is 3. The molecule has 11 nitrogen and oxygen atoms in total. The van der Waals surface area contributed by atoms with Gasteiger partial charge >= 0.3 is 12.1 Å². The van der Waals surface area contributed by atoms with Crippen molar-refractivity contribution in [3.05, 3.63) is 18.6 Å². The second kappa shape index (κ2) is 11.0. The van der Waals surface area contributed by atoms with E-state index in [-0.39, 0.29) is 37.7 Å². The van der Waals surface area contributed by atoms with Crippen LogP contribution >= 0.6 is 0 Å². The molecule has 2 aromatic rings. The molecule has 38 heavy (non-hydrogen) atoms.